The minimum atomic E-state index is -0.885. The van der Waals surface area contributed by atoms with Crippen molar-refractivity contribution in [2.24, 2.45) is 0 Å². The highest BCUT2D eigenvalue weighted by molar-refractivity contribution is 14.1. The summed E-state index contributed by atoms with van der Waals surface area (Å²) in [7, 11) is 0. The van der Waals surface area contributed by atoms with E-state index >= 15 is 0 Å². The van der Waals surface area contributed by atoms with Crippen LogP contribution in [-0.2, 0) is 0 Å². The van der Waals surface area contributed by atoms with E-state index in [1.54, 1.807) is 6.07 Å². The van der Waals surface area contributed by atoms with Gasteiger partial charge in [0.1, 0.15) is 0 Å². The van der Waals surface area contributed by atoms with E-state index in [9.17, 15) is 4.79 Å². The molecular formula is C8H6BrIO2. The van der Waals surface area contributed by atoms with Gasteiger partial charge in [0.2, 0.25) is 0 Å². The highest BCUT2D eigenvalue weighted by Crippen LogP contribution is 2.22. The Morgan fingerprint density at radius 2 is 2.17 bits per heavy atom. The Labute approximate surface area is 92.2 Å². The van der Waals surface area contributed by atoms with Crippen molar-refractivity contribution in [2.45, 2.75) is 6.92 Å². The lowest BCUT2D eigenvalue weighted by atomic mass is 10.1. The number of halogens is 2. The Morgan fingerprint density at radius 1 is 1.58 bits per heavy atom. The molecule has 0 saturated heterocycles. The van der Waals surface area contributed by atoms with Gasteiger partial charge in [0.15, 0.2) is 0 Å². The number of hydrogen-bond donors (Lipinski definition) is 1. The molecule has 0 aliphatic rings. The summed E-state index contributed by atoms with van der Waals surface area (Å²) in [5.74, 6) is -0.885. The second-order valence-corrected chi connectivity index (χ2v) is 4.38. The molecule has 1 rings (SSSR count). The average molecular weight is 341 g/mol. The van der Waals surface area contributed by atoms with Gasteiger partial charge in [-0.2, -0.15) is 0 Å². The maximum Gasteiger partial charge on any atom is 0.336 e. The summed E-state index contributed by atoms with van der Waals surface area (Å²) in [5.41, 5.74) is 1.32. The third-order valence-electron chi connectivity index (χ3n) is 1.45. The summed E-state index contributed by atoms with van der Waals surface area (Å²) < 4.78 is 1.60. The summed E-state index contributed by atoms with van der Waals surface area (Å²) in [5, 5.41) is 8.79. The van der Waals surface area contributed by atoms with Crippen molar-refractivity contribution in [3.8, 4) is 0 Å². The van der Waals surface area contributed by atoms with Gasteiger partial charge >= 0.3 is 5.97 Å². The van der Waals surface area contributed by atoms with Crippen LogP contribution in [-0.4, -0.2) is 11.1 Å². The van der Waals surface area contributed by atoms with Crippen LogP contribution in [0.1, 0.15) is 15.9 Å². The Kier molecular flexibility index (Phi) is 3.11. The van der Waals surface area contributed by atoms with Gasteiger partial charge in [-0.25, -0.2) is 4.79 Å². The minimum absolute atomic E-state index is 0.350. The molecule has 64 valence electrons. The van der Waals surface area contributed by atoms with E-state index in [4.69, 9.17) is 5.11 Å². The Hall–Kier alpha value is -0.100. The van der Waals surface area contributed by atoms with Crippen LogP contribution in [0, 0.1) is 10.5 Å². The highest BCUT2D eigenvalue weighted by atomic mass is 127. The lowest BCUT2D eigenvalue weighted by Gasteiger charge is -2.03. The molecule has 0 saturated carbocycles. The average Bonchev–Trinajstić information content (AvgIpc) is 1.96. The Morgan fingerprint density at radius 3 is 2.67 bits per heavy atom. The zero-order valence-electron chi connectivity index (χ0n) is 6.27. The number of rotatable bonds is 1. The highest BCUT2D eigenvalue weighted by Gasteiger charge is 2.10. The first-order chi connectivity index (χ1) is 5.52. The van der Waals surface area contributed by atoms with Crippen LogP contribution in [0.15, 0.2) is 16.6 Å². The Balaban J connectivity index is 3.37. The smallest absolute Gasteiger partial charge is 0.336 e. The molecule has 1 aromatic rings. The van der Waals surface area contributed by atoms with Crippen molar-refractivity contribution >= 4 is 44.5 Å². The van der Waals surface area contributed by atoms with Crippen molar-refractivity contribution in [1.29, 1.82) is 0 Å². The third-order valence-corrected chi connectivity index (χ3v) is 3.34. The van der Waals surface area contributed by atoms with E-state index in [2.05, 4.69) is 15.9 Å². The van der Waals surface area contributed by atoms with Gasteiger partial charge in [-0.3, -0.25) is 0 Å². The zero-order chi connectivity index (χ0) is 9.30. The number of carboxylic acid groups (broad SMARTS) is 1. The second kappa shape index (κ2) is 3.74. The number of carboxylic acids is 1. The number of aryl methyl sites for hydroxylation is 1. The summed E-state index contributed by atoms with van der Waals surface area (Å²) in [4.78, 5) is 10.7. The number of hydrogen-bond acceptors (Lipinski definition) is 1. The second-order valence-electron chi connectivity index (χ2n) is 2.39. The molecule has 0 spiro atoms. The first-order valence-electron chi connectivity index (χ1n) is 3.21. The van der Waals surface area contributed by atoms with Crippen molar-refractivity contribution in [3.63, 3.8) is 0 Å². The van der Waals surface area contributed by atoms with Gasteiger partial charge < -0.3 is 5.11 Å². The van der Waals surface area contributed by atoms with Crippen molar-refractivity contribution < 1.29 is 9.90 Å². The molecule has 4 heteroatoms. The fraction of sp³-hybridized carbons (Fsp3) is 0.125. The fourth-order valence-corrected chi connectivity index (χ4v) is 2.00. The van der Waals surface area contributed by atoms with Gasteiger partial charge in [-0.15, -0.1) is 0 Å². The van der Waals surface area contributed by atoms with Crippen LogP contribution in [0.25, 0.3) is 0 Å². The topological polar surface area (TPSA) is 37.3 Å². The molecular weight excluding hydrogens is 335 g/mol. The van der Waals surface area contributed by atoms with Crippen molar-refractivity contribution in [1.82, 2.24) is 0 Å². The predicted octanol–water partition coefficient (Wildman–Crippen LogP) is 3.06. The molecule has 2 nitrogen and oxygen atoms in total. The van der Waals surface area contributed by atoms with Gasteiger partial charge in [-0.1, -0.05) is 15.9 Å². The number of carbonyl (C=O) groups is 1. The lowest BCUT2D eigenvalue weighted by Crippen LogP contribution is -2.01. The minimum Gasteiger partial charge on any atom is -0.478 e. The summed E-state index contributed by atoms with van der Waals surface area (Å²) in [6.07, 6.45) is 0. The van der Waals surface area contributed by atoms with Crippen LogP contribution in [0.4, 0.5) is 0 Å². The predicted molar refractivity (Wildman–Crippen MR) is 58.6 cm³/mol. The summed E-state index contributed by atoms with van der Waals surface area (Å²) in [6, 6.07) is 3.51. The monoisotopic (exact) mass is 340 g/mol. The molecule has 0 radical (unpaired) electrons. The van der Waals surface area contributed by atoms with E-state index in [0.717, 1.165) is 13.6 Å². The van der Waals surface area contributed by atoms with E-state index < -0.39 is 5.97 Å². The third kappa shape index (κ3) is 1.98. The van der Waals surface area contributed by atoms with E-state index in [0.29, 0.717) is 5.56 Å². The molecule has 1 aromatic carbocycles. The van der Waals surface area contributed by atoms with Crippen LogP contribution < -0.4 is 0 Å². The fourth-order valence-electron chi connectivity index (χ4n) is 0.881. The summed E-state index contributed by atoms with van der Waals surface area (Å²) in [6.45, 7) is 1.89. The van der Waals surface area contributed by atoms with E-state index in [1.165, 1.54) is 0 Å². The largest absolute Gasteiger partial charge is 0.478 e. The van der Waals surface area contributed by atoms with Crippen LogP contribution in [0.5, 0.6) is 0 Å². The summed E-state index contributed by atoms with van der Waals surface area (Å²) >= 11 is 5.28. The van der Waals surface area contributed by atoms with Gasteiger partial charge in [0.25, 0.3) is 0 Å². The molecule has 1 N–H and O–H groups in total. The molecule has 0 bridgehead atoms. The van der Waals surface area contributed by atoms with Gasteiger partial charge in [-0.05, 0) is 47.2 Å². The number of aromatic carboxylic acids is 1. The zero-order valence-corrected chi connectivity index (χ0v) is 10.0. The molecule has 0 aliphatic carbocycles. The molecule has 0 unspecified atom stereocenters. The normalized spacial score (nSPS) is 9.92. The Bertz CT molecular complexity index is 336. The van der Waals surface area contributed by atoms with Crippen LogP contribution in [0.2, 0.25) is 0 Å². The van der Waals surface area contributed by atoms with Gasteiger partial charge in [0.05, 0.1) is 5.56 Å². The number of benzene rings is 1. The molecule has 0 aromatic heterocycles. The molecule has 12 heavy (non-hydrogen) atoms. The molecule has 0 amide bonds. The first kappa shape index (κ1) is 9.98. The first-order valence-corrected chi connectivity index (χ1v) is 5.08. The van der Waals surface area contributed by atoms with Crippen LogP contribution >= 0.6 is 38.5 Å². The van der Waals surface area contributed by atoms with E-state index in [1.807, 2.05) is 35.6 Å². The molecule has 0 aliphatic heterocycles. The van der Waals surface area contributed by atoms with Crippen molar-refractivity contribution in [2.75, 3.05) is 0 Å². The van der Waals surface area contributed by atoms with E-state index in [-0.39, 0.29) is 0 Å². The van der Waals surface area contributed by atoms with Crippen molar-refractivity contribution in [3.05, 3.63) is 31.3 Å². The van der Waals surface area contributed by atoms with Crippen LogP contribution in [0.3, 0.4) is 0 Å². The molecule has 0 heterocycles. The SMILES string of the molecule is Cc1cc(Br)cc(C(=O)O)c1I. The maximum absolute atomic E-state index is 10.7. The molecule has 0 atom stereocenters. The maximum atomic E-state index is 10.7. The van der Waals surface area contributed by atoms with Gasteiger partial charge in [0, 0.05) is 8.04 Å². The lowest BCUT2D eigenvalue weighted by molar-refractivity contribution is 0.0695. The standard InChI is InChI=1S/C8H6BrIO2/c1-4-2-5(9)3-6(7(4)10)8(11)12/h2-3H,1H3,(H,11,12). The quantitative estimate of drug-likeness (QED) is 0.798. The molecule has 0 fully saturated rings.